The Morgan fingerprint density at radius 3 is 1.48 bits per heavy atom. The number of rotatable bonds is 5. The van der Waals surface area contributed by atoms with Gasteiger partial charge in [-0.2, -0.15) is 0 Å². The molecule has 0 fully saturated rings. The lowest BCUT2D eigenvalue weighted by molar-refractivity contribution is 1.29. The minimum Gasteiger partial charge on any atom is -0.310 e. The van der Waals surface area contributed by atoms with Gasteiger partial charge in [0.2, 0.25) is 0 Å². The molecule has 0 N–H and O–H groups in total. The number of nitrogens with zero attached hydrogens (tertiary/aromatic N) is 1. The van der Waals surface area contributed by atoms with E-state index >= 15 is 0 Å². The summed E-state index contributed by atoms with van der Waals surface area (Å²) in [5.41, 5.74) is 8.05. The summed E-state index contributed by atoms with van der Waals surface area (Å²) in [5.74, 6) is 0. The number of benzene rings is 7. The van der Waals surface area contributed by atoms with Gasteiger partial charge in [0, 0.05) is 22.1 Å². The number of hydrogen-bond acceptors (Lipinski definition) is 1. The average Bonchev–Trinajstić information content (AvgIpc) is 3.02. The highest BCUT2D eigenvalue weighted by Gasteiger charge is 2.14. The molecule has 0 aliphatic carbocycles. The van der Waals surface area contributed by atoms with Crippen molar-refractivity contribution >= 4 is 50.2 Å². The first-order valence-electron chi connectivity index (χ1n) is 13.5. The Labute approximate surface area is 239 Å². The average molecular weight is 532 g/mol. The van der Waals surface area contributed by atoms with Crippen LogP contribution in [0, 0.1) is 0 Å². The molecule has 0 bridgehead atoms. The molecule has 0 spiro atoms. The number of fused-ring (bicyclic) bond motifs is 3. The van der Waals surface area contributed by atoms with Gasteiger partial charge in [-0.15, -0.1) is 0 Å². The van der Waals surface area contributed by atoms with E-state index in [2.05, 4.69) is 150 Å². The Balaban J connectivity index is 1.33. The van der Waals surface area contributed by atoms with Crippen molar-refractivity contribution < 1.29 is 0 Å². The summed E-state index contributed by atoms with van der Waals surface area (Å²) >= 11 is 6.12. The summed E-state index contributed by atoms with van der Waals surface area (Å²) in [6.45, 7) is 0. The van der Waals surface area contributed by atoms with Gasteiger partial charge in [0.15, 0.2) is 0 Å². The Bertz CT molecular complexity index is 1920. The molecule has 0 radical (unpaired) electrons. The third-order valence-electron chi connectivity index (χ3n) is 7.52. The molecule has 7 rings (SSSR count). The van der Waals surface area contributed by atoms with E-state index in [4.69, 9.17) is 11.6 Å². The zero-order valence-corrected chi connectivity index (χ0v) is 22.6. The SMILES string of the molecule is Clc1ccc(-c2ccc(N(c3ccc(-c4ccccc4)cc3)c3ccc4c(ccc5ccccc54)c3)cc2)cc1. The van der Waals surface area contributed by atoms with Crippen LogP contribution in [0.4, 0.5) is 17.1 Å². The third-order valence-corrected chi connectivity index (χ3v) is 7.77. The molecule has 40 heavy (non-hydrogen) atoms. The van der Waals surface area contributed by atoms with Gasteiger partial charge < -0.3 is 4.90 Å². The number of halogens is 1. The monoisotopic (exact) mass is 531 g/mol. The summed E-state index contributed by atoms with van der Waals surface area (Å²) < 4.78 is 0. The van der Waals surface area contributed by atoms with Gasteiger partial charge in [0.05, 0.1) is 0 Å². The second kappa shape index (κ2) is 10.4. The van der Waals surface area contributed by atoms with Gasteiger partial charge in [-0.25, -0.2) is 0 Å². The molecular formula is C38H26ClN. The van der Waals surface area contributed by atoms with Crippen LogP contribution in [0.2, 0.25) is 5.02 Å². The van der Waals surface area contributed by atoms with E-state index in [9.17, 15) is 0 Å². The van der Waals surface area contributed by atoms with Crippen molar-refractivity contribution in [3.63, 3.8) is 0 Å². The van der Waals surface area contributed by atoms with Crippen LogP contribution in [0.15, 0.2) is 158 Å². The summed E-state index contributed by atoms with van der Waals surface area (Å²) in [6.07, 6.45) is 0. The first-order chi connectivity index (χ1) is 19.7. The highest BCUT2D eigenvalue weighted by atomic mass is 35.5. The maximum absolute atomic E-state index is 6.12. The molecule has 7 aromatic carbocycles. The van der Waals surface area contributed by atoms with Gasteiger partial charge in [-0.1, -0.05) is 121 Å². The fourth-order valence-corrected chi connectivity index (χ4v) is 5.59. The van der Waals surface area contributed by atoms with Crippen molar-refractivity contribution in [2.75, 3.05) is 4.90 Å². The minimum absolute atomic E-state index is 0.745. The summed E-state index contributed by atoms with van der Waals surface area (Å²) in [6, 6.07) is 55.8. The van der Waals surface area contributed by atoms with Crippen molar-refractivity contribution in [1.82, 2.24) is 0 Å². The smallest absolute Gasteiger partial charge is 0.0468 e. The quantitative estimate of drug-likeness (QED) is 0.200. The van der Waals surface area contributed by atoms with Crippen LogP contribution in [-0.2, 0) is 0 Å². The highest BCUT2D eigenvalue weighted by Crippen LogP contribution is 2.39. The molecule has 2 heteroatoms. The van der Waals surface area contributed by atoms with E-state index in [0.29, 0.717) is 0 Å². The Hall–Kier alpha value is -4.85. The molecule has 0 heterocycles. The van der Waals surface area contributed by atoms with E-state index in [1.54, 1.807) is 0 Å². The van der Waals surface area contributed by atoms with Crippen LogP contribution < -0.4 is 4.90 Å². The molecule has 0 aliphatic heterocycles. The van der Waals surface area contributed by atoms with Gasteiger partial charge in [-0.05, 0) is 92.3 Å². The third kappa shape index (κ3) is 4.62. The van der Waals surface area contributed by atoms with E-state index in [-0.39, 0.29) is 0 Å². The largest absolute Gasteiger partial charge is 0.310 e. The Kier molecular flexibility index (Phi) is 6.28. The normalized spacial score (nSPS) is 11.1. The van der Waals surface area contributed by atoms with Crippen molar-refractivity contribution in [3.8, 4) is 22.3 Å². The van der Waals surface area contributed by atoms with Crippen LogP contribution in [0.25, 0.3) is 43.8 Å². The second-order valence-corrected chi connectivity index (χ2v) is 10.4. The topological polar surface area (TPSA) is 3.24 Å². The molecule has 1 nitrogen and oxygen atoms in total. The zero-order valence-electron chi connectivity index (χ0n) is 21.8. The first-order valence-corrected chi connectivity index (χ1v) is 13.8. The molecular weight excluding hydrogens is 506 g/mol. The number of anilines is 3. The highest BCUT2D eigenvalue weighted by molar-refractivity contribution is 6.30. The summed E-state index contributed by atoms with van der Waals surface area (Å²) in [7, 11) is 0. The first kappa shape index (κ1) is 24.2. The van der Waals surface area contributed by atoms with Crippen LogP contribution >= 0.6 is 11.6 Å². The van der Waals surface area contributed by atoms with Crippen LogP contribution in [0.3, 0.4) is 0 Å². The standard InChI is InChI=1S/C38H26ClN/c39-33-18-12-28(13-19-33)30-16-22-35(23-17-30)40(34-20-14-29(15-21-34)27-6-2-1-3-7-27)36-24-25-38-32(26-36)11-10-31-8-4-5-9-37(31)38/h1-26H. The molecule has 0 unspecified atom stereocenters. The van der Waals surface area contributed by atoms with Crippen LogP contribution in [0.5, 0.6) is 0 Å². The predicted octanol–water partition coefficient (Wildman–Crippen LogP) is 11.5. The molecule has 0 aromatic heterocycles. The lowest BCUT2D eigenvalue weighted by Gasteiger charge is -2.26. The lowest BCUT2D eigenvalue weighted by Crippen LogP contribution is -2.09. The molecule has 7 aromatic rings. The molecule has 0 aliphatic rings. The zero-order chi connectivity index (χ0) is 26.9. The van der Waals surface area contributed by atoms with Gasteiger partial charge in [0.25, 0.3) is 0 Å². The molecule has 190 valence electrons. The van der Waals surface area contributed by atoms with Crippen LogP contribution in [0.1, 0.15) is 0 Å². The fourth-order valence-electron chi connectivity index (χ4n) is 5.47. The number of hydrogen-bond donors (Lipinski definition) is 0. The molecule has 0 saturated heterocycles. The van der Waals surface area contributed by atoms with Gasteiger partial charge >= 0.3 is 0 Å². The summed E-state index contributed by atoms with van der Waals surface area (Å²) in [5, 5.41) is 5.76. The summed E-state index contributed by atoms with van der Waals surface area (Å²) in [4.78, 5) is 2.33. The maximum Gasteiger partial charge on any atom is 0.0468 e. The van der Waals surface area contributed by atoms with Crippen molar-refractivity contribution in [3.05, 3.63) is 163 Å². The van der Waals surface area contributed by atoms with Gasteiger partial charge in [0.1, 0.15) is 0 Å². The van der Waals surface area contributed by atoms with E-state index in [0.717, 1.165) is 33.2 Å². The van der Waals surface area contributed by atoms with E-state index < -0.39 is 0 Å². The van der Waals surface area contributed by atoms with E-state index in [1.807, 2.05) is 12.1 Å². The Morgan fingerprint density at radius 1 is 0.350 bits per heavy atom. The predicted molar refractivity (Wildman–Crippen MR) is 172 cm³/mol. The molecule has 0 amide bonds. The maximum atomic E-state index is 6.12. The molecule has 0 saturated carbocycles. The molecule has 0 atom stereocenters. The second-order valence-electron chi connectivity index (χ2n) is 9.99. The lowest BCUT2D eigenvalue weighted by atomic mass is 10.0. The van der Waals surface area contributed by atoms with E-state index in [1.165, 1.54) is 32.7 Å². The van der Waals surface area contributed by atoms with Crippen molar-refractivity contribution in [2.45, 2.75) is 0 Å². The minimum atomic E-state index is 0.745. The van der Waals surface area contributed by atoms with Crippen LogP contribution in [-0.4, -0.2) is 0 Å². The van der Waals surface area contributed by atoms with Crippen molar-refractivity contribution in [1.29, 1.82) is 0 Å². The van der Waals surface area contributed by atoms with Crippen molar-refractivity contribution in [2.24, 2.45) is 0 Å². The Morgan fingerprint density at radius 2 is 0.825 bits per heavy atom. The fraction of sp³-hybridized carbons (Fsp3) is 0. The van der Waals surface area contributed by atoms with Gasteiger partial charge in [-0.3, -0.25) is 0 Å².